The van der Waals surface area contributed by atoms with Crippen molar-refractivity contribution in [3.05, 3.63) is 29.8 Å². The second kappa shape index (κ2) is 8.53. The third-order valence-electron chi connectivity index (χ3n) is 5.55. The van der Waals surface area contributed by atoms with Crippen LogP contribution < -0.4 is 15.4 Å². The molecule has 1 saturated heterocycles. The number of carbonyl (C=O) groups is 3. The zero-order chi connectivity index (χ0) is 21.9. The number of halogens is 3. The minimum Gasteiger partial charge on any atom is -0.492 e. The molecule has 3 rings (SSSR count). The SMILES string of the molecule is CC1CCC2(CC1)NC(=O)N(CC(=O)NCCOc1ccc(C(F)(F)F)cc1)C2=O. The number of ether oxygens (including phenoxy) is 1. The maximum atomic E-state index is 12.7. The quantitative estimate of drug-likeness (QED) is 0.540. The molecule has 4 amide bonds. The number of nitrogens with one attached hydrogen (secondary N) is 2. The lowest BCUT2D eigenvalue weighted by Crippen LogP contribution is -2.50. The van der Waals surface area contributed by atoms with Crippen LogP contribution in [0.2, 0.25) is 0 Å². The van der Waals surface area contributed by atoms with Gasteiger partial charge in [-0.15, -0.1) is 0 Å². The molecule has 2 aliphatic rings. The number of amides is 4. The van der Waals surface area contributed by atoms with Crippen molar-refractivity contribution in [2.24, 2.45) is 5.92 Å². The minimum atomic E-state index is -4.42. The first-order valence-corrected chi connectivity index (χ1v) is 9.81. The summed E-state index contributed by atoms with van der Waals surface area (Å²) in [6.45, 7) is 1.82. The van der Waals surface area contributed by atoms with Crippen LogP contribution in [0.3, 0.4) is 0 Å². The Balaban J connectivity index is 1.42. The van der Waals surface area contributed by atoms with Crippen molar-refractivity contribution < 1.29 is 32.3 Å². The summed E-state index contributed by atoms with van der Waals surface area (Å²) >= 11 is 0. The Bertz CT molecular complexity index is 803. The van der Waals surface area contributed by atoms with Crippen molar-refractivity contribution in [2.75, 3.05) is 19.7 Å². The summed E-state index contributed by atoms with van der Waals surface area (Å²) in [5.74, 6) is -0.145. The number of rotatable bonds is 6. The highest BCUT2D eigenvalue weighted by molar-refractivity contribution is 6.09. The van der Waals surface area contributed by atoms with Crippen LogP contribution in [0, 0.1) is 5.92 Å². The molecule has 1 saturated carbocycles. The first kappa shape index (κ1) is 21.9. The molecule has 164 valence electrons. The Morgan fingerprint density at radius 3 is 2.47 bits per heavy atom. The Labute approximate surface area is 171 Å². The van der Waals surface area contributed by atoms with Crippen molar-refractivity contribution >= 4 is 17.8 Å². The van der Waals surface area contributed by atoms with E-state index in [1.807, 2.05) is 0 Å². The number of hydrogen-bond acceptors (Lipinski definition) is 4. The molecule has 0 unspecified atom stereocenters. The van der Waals surface area contributed by atoms with E-state index in [1.54, 1.807) is 0 Å². The molecule has 7 nitrogen and oxygen atoms in total. The average molecular weight is 427 g/mol. The van der Waals surface area contributed by atoms with E-state index in [9.17, 15) is 27.6 Å². The van der Waals surface area contributed by atoms with Gasteiger partial charge in [0, 0.05) is 0 Å². The lowest BCUT2D eigenvalue weighted by Gasteiger charge is -2.33. The van der Waals surface area contributed by atoms with Gasteiger partial charge >= 0.3 is 12.2 Å². The van der Waals surface area contributed by atoms with Gasteiger partial charge in [0.1, 0.15) is 24.4 Å². The van der Waals surface area contributed by atoms with Gasteiger partial charge in [-0.2, -0.15) is 13.2 Å². The standard InChI is InChI=1S/C20H24F3N3O4/c1-13-6-8-19(9-7-13)17(28)26(18(29)25-19)12-16(27)24-10-11-30-15-4-2-14(3-5-15)20(21,22)23/h2-5,13H,6-12H2,1H3,(H,24,27)(H,25,29). The molecule has 0 aromatic heterocycles. The number of hydrogen-bond donors (Lipinski definition) is 2. The molecule has 10 heteroatoms. The number of alkyl halides is 3. The molecule has 0 bridgehead atoms. The molecule has 30 heavy (non-hydrogen) atoms. The largest absolute Gasteiger partial charge is 0.492 e. The zero-order valence-corrected chi connectivity index (χ0v) is 16.6. The minimum absolute atomic E-state index is 0.0269. The van der Waals surface area contributed by atoms with E-state index in [-0.39, 0.29) is 31.4 Å². The van der Waals surface area contributed by atoms with Crippen LogP contribution in [0.25, 0.3) is 0 Å². The van der Waals surface area contributed by atoms with Crippen LogP contribution in [0.5, 0.6) is 5.75 Å². The smallest absolute Gasteiger partial charge is 0.416 e. The second-order valence-electron chi connectivity index (χ2n) is 7.81. The molecule has 1 aliphatic heterocycles. The Morgan fingerprint density at radius 2 is 1.87 bits per heavy atom. The predicted octanol–water partition coefficient (Wildman–Crippen LogP) is 2.70. The Morgan fingerprint density at radius 1 is 1.23 bits per heavy atom. The predicted molar refractivity (Wildman–Crippen MR) is 101 cm³/mol. The molecule has 1 spiro atoms. The van der Waals surface area contributed by atoms with Crippen molar-refractivity contribution in [2.45, 2.75) is 44.3 Å². The van der Waals surface area contributed by atoms with Crippen molar-refractivity contribution in [3.63, 3.8) is 0 Å². The van der Waals surface area contributed by atoms with Crippen LogP contribution in [0.4, 0.5) is 18.0 Å². The normalized spacial score (nSPS) is 24.1. The van der Waals surface area contributed by atoms with Gasteiger partial charge in [0.2, 0.25) is 5.91 Å². The maximum Gasteiger partial charge on any atom is 0.416 e. The van der Waals surface area contributed by atoms with Gasteiger partial charge in [-0.1, -0.05) is 6.92 Å². The molecule has 0 atom stereocenters. The molecule has 0 radical (unpaired) electrons. The van der Waals surface area contributed by atoms with Gasteiger partial charge in [0.05, 0.1) is 12.1 Å². The molecular formula is C20H24F3N3O4. The summed E-state index contributed by atoms with van der Waals surface area (Å²) < 4.78 is 42.9. The maximum absolute atomic E-state index is 12.7. The van der Waals surface area contributed by atoms with E-state index in [1.165, 1.54) is 12.1 Å². The summed E-state index contributed by atoms with van der Waals surface area (Å²) in [6, 6.07) is 3.65. The van der Waals surface area contributed by atoms with Gasteiger partial charge in [0.15, 0.2) is 0 Å². The molecule has 1 aliphatic carbocycles. The van der Waals surface area contributed by atoms with E-state index in [0.717, 1.165) is 29.9 Å². The highest BCUT2D eigenvalue weighted by atomic mass is 19.4. The van der Waals surface area contributed by atoms with Gasteiger partial charge in [-0.05, 0) is 55.9 Å². The van der Waals surface area contributed by atoms with E-state index < -0.39 is 29.2 Å². The first-order chi connectivity index (χ1) is 14.1. The van der Waals surface area contributed by atoms with E-state index in [2.05, 4.69) is 17.6 Å². The summed E-state index contributed by atoms with van der Waals surface area (Å²) in [5, 5.41) is 5.29. The zero-order valence-electron chi connectivity index (χ0n) is 16.6. The van der Waals surface area contributed by atoms with Crippen molar-refractivity contribution in [1.82, 2.24) is 15.5 Å². The number of imide groups is 1. The lowest BCUT2D eigenvalue weighted by atomic mass is 9.77. The molecule has 1 aromatic rings. The number of carbonyl (C=O) groups excluding carboxylic acids is 3. The van der Waals surface area contributed by atoms with E-state index in [0.29, 0.717) is 18.8 Å². The molecule has 1 aromatic carbocycles. The summed E-state index contributed by atoms with van der Waals surface area (Å²) in [7, 11) is 0. The van der Waals surface area contributed by atoms with Crippen LogP contribution in [-0.4, -0.2) is 48.0 Å². The lowest BCUT2D eigenvalue weighted by molar-refractivity contribution is -0.137. The highest BCUT2D eigenvalue weighted by Gasteiger charge is 2.52. The number of benzene rings is 1. The summed E-state index contributed by atoms with van der Waals surface area (Å²) in [6.07, 6.45) is -1.60. The van der Waals surface area contributed by atoms with E-state index >= 15 is 0 Å². The molecule has 1 heterocycles. The monoisotopic (exact) mass is 427 g/mol. The van der Waals surface area contributed by atoms with Crippen molar-refractivity contribution in [1.29, 1.82) is 0 Å². The number of urea groups is 1. The van der Waals surface area contributed by atoms with Crippen LogP contribution >= 0.6 is 0 Å². The van der Waals surface area contributed by atoms with Gasteiger partial charge in [0.25, 0.3) is 5.91 Å². The van der Waals surface area contributed by atoms with Gasteiger partial charge < -0.3 is 15.4 Å². The first-order valence-electron chi connectivity index (χ1n) is 9.81. The van der Waals surface area contributed by atoms with Gasteiger partial charge in [-0.3, -0.25) is 14.5 Å². The fraction of sp³-hybridized carbons (Fsp3) is 0.550. The summed E-state index contributed by atoms with van der Waals surface area (Å²) in [5.41, 5.74) is -1.67. The van der Waals surface area contributed by atoms with Crippen molar-refractivity contribution in [3.8, 4) is 5.75 Å². The van der Waals surface area contributed by atoms with Crippen LogP contribution in [0.1, 0.15) is 38.2 Å². The fourth-order valence-electron chi connectivity index (χ4n) is 3.71. The molecular weight excluding hydrogens is 403 g/mol. The topological polar surface area (TPSA) is 87.7 Å². The average Bonchev–Trinajstić information content (AvgIpc) is 2.91. The van der Waals surface area contributed by atoms with E-state index in [4.69, 9.17) is 4.74 Å². The van der Waals surface area contributed by atoms with Crippen LogP contribution in [0.15, 0.2) is 24.3 Å². The third-order valence-corrected chi connectivity index (χ3v) is 5.55. The summed E-state index contributed by atoms with van der Waals surface area (Å²) in [4.78, 5) is 37.9. The second-order valence-corrected chi connectivity index (χ2v) is 7.81. The highest BCUT2D eigenvalue weighted by Crippen LogP contribution is 2.36. The fourth-order valence-corrected chi connectivity index (χ4v) is 3.71. The number of nitrogens with zero attached hydrogens (tertiary/aromatic N) is 1. The van der Waals surface area contributed by atoms with Crippen LogP contribution in [-0.2, 0) is 15.8 Å². The molecule has 2 N–H and O–H groups in total. The Kier molecular flexibility index (Phi) is 6.23. The van der Waals surface area contributed by atoms with Gasteiger partial charge in [-0.25, -0.2) is 4.79 Å². The molecule has 2 fully saturated rings. The third kappa shape index (κ3) is 4.85. The Hall–Kier alpha value is -2.78.